The maximum atomic E-state index is 5.99. The molecule has 1 N–H and O–H groups in total. The SMILES string of the molecule is CCCC1Oc2ccc(OC)cc2C1NCC. The number of likely N-dealkylation sites (N-methyl/N-ethyl adjacent to an activating group) is 1. The van der Waals surface area contributed by atoms with Gasteiger partial charge in [0.2, 0.25) is 0 Å². The van der Waals surface area contributed by atoms with E-state index in [1.807, 2.05) is 12.1 Å². The number of hydrogen-bond donors (Lipinski definition) is 1. The van der Waals surface area contributed by atoms with Crippen LogP contribution in [0.2, 0.25) is 0 Å². The Labute approximate surface area is 103 Å². The van der Waals surface area contributed by atoms with Crippen molar-refractivity contribution in [2.45, 2.75) is 38.8 Å². The first-order valence-electron chi connectivity index (χ1n) is 6.38. The minimum atomic E-state index is 0.252. The van der Waals surface area contributed by atoms with Gasteiger partial charge < -0.3 is 14.8 Å². The van der Waals surface area contributed by atoms with Crippen molar-refractivity contribution >= 4 is 0 Å². The van der Waals surface area contributed by atoms with E-state index in [9.17, 15) is 0 Å². The van der Waals surface area contributed by atoms with Gasteiger partial charge in [-0.25, -0.2) is 0 Å². The van der Waals surface area contributed by atoms with E-state index in [0.29, 0.717) is 6.04 Å². The fourth-order valence-electron chi connectivity index (χ4n) is 2.41. The number of nitrogens with one attached hydrogen (secondary N) is 1. The van der Waals surface area contributed by atoms with E-state index in [0.717, 1.165) is 30.9 Å². The standard InChI is InChI=1S/C14H21NO2/c1-4-6-13-14(15-5-2)11-9-10(16-3)7-8-12(11)17-13/h7-9,13-15H,4-6H2,1-3H3. The molecular weight excluding hydrogens is 214 g/mol. The number of hydrogen-bond acceptors (Lipinski definition) is 3. The summed E-state index contributed by atoms with van der Waals surface area (Å²) in [5.74, 6) is 1.89. The number of fused-ring (bicyclic) bond motifs is 1. The Hall–Kier alpha value is -1.22. The van der Waals surface area contributed by atoms with Crippen LogP contribution in [0.4, 0.5) is 0 Å². The van der Waals surface area contributed by atoms with Crippen LogP contribution in [-0.2, 0) is 0 Å². The summed E-state index contributed by atoms with van der Waals surface area (Å²) in [4.78, 5) is 0. The largest absolute Gasteiger partial charge is 0.497 e. The van der Waals surface area contributed by atoms with Crippen molar-refractivity contribution in [3.8, 4) is 11.5 Å². The monoisotopic (exact) mass is 235 g/mol. The van der Waals surface area contributed by atoms with Crippen molar-refractivity contribution < 1.29 is 9.47 Å². The van der Waals surface area contributed by atoms with Gasteiger partial charge in [0.25, 0.3) is 0 Å². The van der Waals surface area contributed by atoms with Gasteiger partial charge in [0.1, 0.15) is 17.6 Å². The zero-order chi connectivity index (χ0) is 12.3. The molecule has 0 bridgehead atoms. The van der Waals surface area contributed by atoms with Crippen molar-refractivity contribution in [1.29, 1.82) is 0 Å². The van der Waals surface area contributed by atoms with Crippen LogP contribution in [0.15, 0.2) is 18.2 Å². The summed E-state index contributed by atoms with van der Waals surface area (Å²) < 4.78 is 11.3. The van der Waals surface area contributed by atoms with Crippen LogP contribution < -0.4 is 14.8 Å². The van der Waals surface area contributed by atoms with E-state index in [1.165, 1.54) is 5.56 Å². The average Bonchev–Trinajstić information content (AvgIpc) is 2.68. The molecule has 1 aliphatic heterocycles. The molecule has 2 rings (SSSR count). The topological polar surface area (TPSA) is 30.5 Å². The molecule has 1 aromatic carbocycles. The molecule has 0 radical (unpaired) electrons. The molecule has 2 unspecified atom stereocenters. The van der Waals surface area contributed by atoms with Gasteiger partial charge in [0, 0.05) is 5.56 Å². The highest BCUT2D eigenvalue weighted by atomic mass is 16.5. The van der Waals surface area contributed by atoms with E-state index in [-0.39, 0.29) is 6.10 Å². The number of benzene rings is 1. The molecular formula is C14H21NO2. The molecule has 2 atom stereocenters. The van der Waals surface area contributed by atoms with Gasteiger partial charge in [-0.15, -0.1) is 0 Å². The highest BCUT2D eigenvalue weighted by Gasteiger charge is 2.33. The normalized spacial score (nSPS) is 22.1. The maximum absolute atomic E-state index is 5.99. The lowest BCUT2D eigenvalue weighted by atomic mass is 10.0. The maximum Gasteiger partial charge on any atom is 0.125 e. The van der Waals surface area contributed by atoms with Crippen molar-refractivity contribution in [2.24, 2.45) is 0 Å². The summed E-state index contributed by atoms with van der Waals surface area (Å²) in [7, 11) is 1.70. The summed E-state index contributed by atoms with van der Waals surface area (Å²) in [6.45, 7) is 5.27. The summed E-state index contributed by atoms with van der Waals surface area (Å²) in [6.07, 6.45) is 2.47. The van der Waals surface area contributed by atoms with E-state index in [4.69, 9.17) is 9.47 Å². The lowest BCUT2D eigenvalue weighted by Crippen LogP contribution is -2.30. The molecule has 94 valence electrons. The minimum absolute atomic E-state index is 0.252. The number of ether oxygens (including phenoxy) is 2. The molecule has 0 saturated carbocycles. The van der Waals surface area contributed by atoms with Gasteiger partial charge in [-0.1, -0.05) is 20.3 Å². The van der Waals surface area contributed by atoms with Crippen LogP contribution >= 0.6 is 0 Å². The van der Waals surface area contributed by atoms with Crippen LogP contribution in [-0.4, -0.2) is 19.8 Å². The Kier molecular flexibility index (Phi) is 3.89. The van der Waals surface area contributed by atoms with Gasteiger partial charge in [-0.2, -0.15) is 0 Å². The summed E-state index contributed by atoms with van der Waals surface area (Å²) in [5, 5.41) is 3.51. The second-order valence-electron chi connectivity index (χ2n) is 4.38. The Morgan fingerprint density at radius 2 is 2.18 bits per heavy atom. The molecule has 3 nitrogen and oxygen atoms in total. The van der Waals surface area contributed by atoms with Crippen molar-refractivity contribution in [3.05, 3.63) is 23.8 Å². The second kappa shape index (κ2) is 5.41. The molecule has 3 heteroatoms. The zero-order valence-electron chi connectivity index (χ0n) is 10.8. The predicted octanol–water partition coefficient (Wildman–Crippen LogP) is 2.91. The third-order valence-corrected chi connectivity index (χ3v) is 3.20. The second-order valence-corrected chi connectivity index (χ2v) is 4.38. The predicted molar refractivity (Wildman–Crippen MR) is 68.7 cm³/mol. The smallest absolute Gasteiger partial charge is 0.125 e. The molecule has 0 spiro atoms. The first-order valence-corrected chi connectivity index (χ1v) is 6.38. The van der Waals surface area contributed by atoms with Crippen molar-refractivity contribution in [2.75, 3.05) is 13.7 Å². The van der Waals surface area contributed by atoms with Crippen LogP contribution in [0.25, 0.3) is 0 Å². The van der Waals surface area contributed by atoms with Gasteiger partial charge >= 0.3 is 0 Å². The highest BCUT2D eigenvalue weighted by Crippen LogP contribution is 2.40. The summed E-state index contributed by atoms with van der Waals surface area (Å²) in [6, 6.07) is 6.34. The minimum Gasteiger partial charge on any atom is -0.497 e. The van der Waals surface area contributed by atoms with Gasteiger partial charge in [-0.3, -0.25) is 0 Å². The fourth-order valence-corrected chi connectivity index (χ4v) is 2.41. The van der Waals surface area contributed by atoms with E-state index < -0.39 is 0 Å². The molecule has 0 saturated heterocycles. The number of methoxy groups -OCH3 is 1. The number of rotatable bonds is 5. The van der Waals surface area contributed by atoms with Gasteiger partial charge in [-0.05, 0) is 31.2 Å². The Morgan fingerprint density at radius 3 is 2.82 bits per heavy atom. The first-order chi connectivity index (χ1) is 8.30. The fraction of sp³-hybridized carbons (Fsp3) is 0.571. The molecule has 1 aromatic rings. The Morgan fingerprint density at radius 1 is 1.35 bits per heavy atom. The van der Waals surface area contributed by atoms with Crippen LogP contribution in [0.3, 0.4) is 0 Å². The molecule has 1 aliphatic rings. The molecule has 1 heterocycles. The molecule has 0 fully saturated rings. The van der Waals surface area contributed by atoms with Crippen molar-refractivity contribution in [1.82, 2.24) is 5.32 Å². The van der Waals surface area contributed by atoms with Crippen LogP contribution in [0.5, 0.6) is 11.5 Å². The highest BCUT2D eigenvalue weighted by molar-refractivity contribution is 5.45. The molecule has 17 heavy (non-hydrogen) atoms. The zero-order valence-corrected chi connectivity index (χ0v) is 10.8. The van der Waals surface area contributed by atoms with Crippen LogP contribution in [0.1, 0.15) is 38.3 Å². The quantitative estimate of drug-likeness (QED) is 0.851. The Bertz CT molecular complexity index is 378. The Balaban J connectivity index is 2.27. The summed E-state index contributed by atoms with van der Waals surface area (Å²) in [5.41, 5.74) is 1.23. The lowest BCUT2D eigenvalue weighted by molar-refractivity contribution is 0.179. The molecule has 0 amide bonds. The average molecular weight is 235 g/mol. The van der Waals surface area contributed by atoms with Crippen molar-refractivity contribution in [3.63, 3.8) is 0 Å². The third kappa shape index (κ3) is 2.39. The molecule has 0 aromatic heterocycles. The van der Waals surface area contributed by atoms with Gasteiger partial charge in [0.05, 0.1) is 13.2 Å². The van der Waals surface area contributed by atoms with E-state index in [2.05, 4.69) is 25.2 Å². The first kappa shape index (κ1) is 12.2. The van der Waals surface area contributed by atoms with Gasteiger partial charge in [0.15, 0.2) is 0 Å². The van der Waals surface area contributed by atoms with Crippen LogP contribution in [0, 0.1) is 0 Å². The summed E-state index contributed by atoms with van der Waals surface area (Å²) >= 11 is 0. The van der Waals surface area contributed by atoms with E-state index in [1.54, 1.807) is 7.11 Å². The third-order valence-electron chi connectivity index (χ3n) is 3.20. The molecule has 0 aliphatic carbocycles. The van der Waals surface area contributed by atoms with E-state index >= 15 is 0 Å². The lowest BCUT2D eigenvalue weighted by Gasteiger charge is -2.19.